The number of methoxy groups -OCH3 is 2. The number of fused-ring (bicyclic) bond motifs is 1. The molecule has 1 heterocycles. The van der Waals surface area contributed by atoms with E-state index < -0.39 is 0 Å². The molecule has 1 aromatic heterocycles. The molecule has 1 N–H and O–H groups in total. The van der Waals surface area contributed by atoms with E-state index in [1.54, 1.807) is 14.2 Å². The van der Waals surface area contributed by atoms with Gasteiger partial charge in [0.1, 0.15) is 11.5 Å². The Balaban J connectivity index is 1.54. The van der Waals surface area contributed by atoms with Crippen LogP contribution in [0.2, 0.25) is 0 Å². The minimum atomic E-state index is -0.0384. The molecule has 4 rings (SSSR count). The van der Waals surface area contributed by atoms with Gasteiger partial charge in [0.15, 0.2) is 0 Å². The Bertz CT molecular complexity index is 1080. The van der Waals surface area contributed by atoms with Crippen LogP contribution in [0.25, 0.3) is 5.69 Å². The third-order valence-corrected chi connectivity index (χ3v) is 5.81. The highest BCUT2D eigenvalue weighted by molar-refractivity contribution is 5.80. The molecule has 6 nitrogen and oxygen atoms in total. The maximum absolute atomic E-state index is 12.9. The number of rotatable bonds is 6. The molecular formula is C25H29N3O3. The first-order valence-corrected chi connectivity index (χ1v) is 10.6. The number of nitrogens with one attached hydrogen (secondary N) is 1. The van der Waals surface area contributed by atoms with Gasteiger partial charge in [-0.2, -0.15) is 5.10 Å². The Kier molecular flexibility index (Phi) is 5.98. The van der Waals surface area contributed by atoms with Crippen molar-refractivity contribution in [2.24, 2.45) is 0 Å². The van der Waals surface area contributed by atoms with Gasteiger partial charge in [-0.25, -0.2) is 4.68 Å². The number of amides is 1. The van der Waals surface area contributed by atoms with Crippen molar-refractivity contribution in [3.8, 4) is 17.2 Å². The fourth-order valence-corrected chi connectivity index (χ4v) is 4.44. The summed E-state index contributed by atoms with van der Waals surface area (Å²) in [6.45, 7) is 4.20. The molecule has 31 heavy (non-hydrogen) atoms. The second-order valence-corrected chi connectivity index (χ2v) is 8.17. The topological polar surface area (TPSA) is 65.4 Å². The Morgan fingerprint density at radius 2 is 1.90 bits per heavy atom. The second kappa shape index (κ2) is 8.84. The first-order chi connectivity index (χ1) is 15.0. The maximum atomic E-state index is 12.9. The first kappa shape index (κ1) is 21.0. The van der Waals surface area contributed by atoms with E-state index in [0.29, 0.717) is 11.5 Å². The van der Waals surface area contributed by atoms with E-state index in [2.05, 4.69) is 42.5 Å². The van der Waals surface area contributed by atoms with Crippen LogP contribution in [0.4, 0.5) is 0 Å². The van der Waals surface area contributed by atoms with Crippen LogP contribution in [0, 0.1) is 13.8 Å². The van der Waals surface area contributed by atoms with E-state index >= 15 is 0 Å². The lowest BCUT2D eigenvalue weighted by molar-refractivity contribution is -0.121. The molecule has 0 radical (unpaired) electrons. The highest BCUT2D eigenvalue weighted by Gasteiger charge is 2.26. The van der Waals surface area contributed by atoms with Crippen molar-refractivity contribution >= 4 is 5.91 Å². The molecule has 1 amide bonds. The van der Waals surface area contributed by atoms with Crippen molar-refractivity contribution in [3.05, 3.63) is 70.5 Å². The van der Waals surface area contributed by atoms with Crippen LogP contribution < -0.4 is 14.8 Å². The summed E-state index contributed by atoms with van der Waals surface area (Å²) in [5.41, 5.74) is 6.60. The number of aromatic nitrogens is 2. The molecule has 0 bridgehead atoms. The quantitative estimate of drug-likeness (QED) is 0.649. The minimum Gasteiger partial charge on any atom is -0.497 e. The molecule has 6 heteroatoms. The summed E-state index contributed by atoms with van der Waals surface area (Å²) in [5.74, 6) is 1.35. The molecule has 1 atom stereocenters. The van der Waals surface area contributed by atoms with Crippen molar-refractivity contribution in [2.75, 3.05) is 14.2 Å². The fraction of sp³-hybridized carbons (Fsp3) is 0.360. The van der Waals surface area contributed by atoms with E-state index in [1.165, 1.54) is 16.8 Å². The summed E-state index contributed by atoms with van der Waals surface area (Å²) in [4.78, 5) is 12.9. The normalized spacial score (nSPS) is 15.3. The van der Waals surface area contributed by atoms with Crippen LogP contribution in [0.3, 0.4) is 0 Å². The highest BCUT2D eigenvalue weighted by atomic mass is 16.5. The molecule has 0 saturated carbocycles. The molecule has 1 aliphatic rings. The van der Waals surface area contributed by atoms with Crippen LogP contribution in [0.1, 0.15) is 46.8 Å². The molecular weight excluding hydrogens is 390 g/mol. The van der Waals surface area contributed by atoms with E-state index in [0.717, 1.165) is 36.1 Å². The Hall–Kier alpha value is -3.28. The van der Waals surface area contributed by atoms with Crippen molar-refractivity contribution in [1.29, 1.82) is 0 Å². The average molecular weight is 420 g/mol. The van der Waals surface area contributed by atoms with Gasteiger partial charge in [0, 0.05) is 16.8 Å². The van der Waals surface area contributed by atoms with E-state index in [4.69, 9.17) is 9.47 Å². The van der Waals surface area contributed by atoms with Crippen LogP contribution in [0.5, 0.6) is 11.5 Å². The van der Waals surface area contributed by atoms with Crippen LogP contribution in [0.15, 0.2) is 42.6 Å². The van der Waals surface area contributed by atoms with E-state index in [1.807, 2.05) is 29.1 Å². The predicted octanol–water partition coefficient (Wildman–Crippen LogP) is 4.24. The second-order valence-electron chi connectivity index (χ2n) is 8.17. The molecule has 3 aromatic rings. The van der Waals surface area contributed by atoms with Crippen LogP contribution in [-0.4, -0.2) is 29.9 Å². The predicted molar refractivity (Wildman–Crippen MR) is 120 cm³/mol. The molecule has 0 fully saturated rings. The molecule has 2 aromatic carbocycles. The summed E-state index contributed by atoms with van der Waals surface area (Å²) >= 11 is 0. The van der Waals surface area contributed by atoms with Crippen molar-refractivity contribution in [3.63, 3.8) is 0 Å². The third-order valence-electron chi connectivity index (χ3n) is 5.81. The summed E-state index contributed by atoms with van der Waals surface area (Å²) < 4.78 is 12.7. The number of ether oxygens (including phenoxy) is 2. The molecule has 0 unspecified atom stereocenters. The van der Waals surface area contributed by atoms with Gasteiger partial charge in [-0.3, -0.25) is 4.79 Å². The molecule has 0 spiro atoms. The standard InChI is InChI=1S/C25H29N3O3/c1-16-10-17(2)12-19(11-16)28-23-7-5-6-22(21(23)15-26-28)27-25(29)14-18-13-20(30-3)8-9-24(18)31-4/h8-13,15,22H,5-7,14H2,1-4H3,(H,27,29)/t22-/m0/s1. The Labute approximate surface area is 183 Å². The third kappa shape index (κ3) is 4.43. The summed E-state index contributed by atoms with van der Waals surface area (Å²) in [7, 11) is 3.22. The highest BCUT2D eigenvalue weighted by Crippen LogP contribution is 2.32. The summed E-state index contributed by atoms with van der Waals surface area (Å²) in [6, 6.07) is 11.9. The zero-order valence-corrected chi connectivity index (χ0v) is 18.6. The number of carbonyl (C=O) groups is 1. The smallest absolute Gasteiger partial charge is 0.225 e. The minimum absolute atomic E-state index is 0.0347. The van der Waals surface area contributed by atoms with Crippen LogP contribution in [-0.2, 0) is 17.6 Å². The van der Waals surface area contributed by atoms with Crippen molar-refractivity contribution < 1.29 is 14.3 Å². The lowest BCUT2D eigenvalue weighted by Gasteiger charge is -2.24. The number of carbonyl (C=O) groups excluding carboxylic acids is 1. The zero-order valence-electron chi connectivity index (χ0n) is 18.6. The number of nitrogens with zero attached hydrogens (tertiary/aromatic N) is 2. The van der Waals surface area contributed by atoms with Gasteiger partial charge in [0.2, 0.25) is 5.91 Å². The lowest BCUT2D eigenvalue weighted by atomic mass is 9.92. The maximum Gasteiger partial charge on any atom is 0.225 e. The van der Waals surface area contributed by atoms with Crippen LogP contribution >= 0.6 is 0 Å². The van der Waals surface area contributed by atoms with Gasteiger partial charge in [0.05, 0.1) is 38.6 Å². The molecule has 0 aliphatic heterocycles. The average Bonchev–Trinajstić information content (AvgIpc) is 3.18. The zero-order chi connectivity index (χ0) is 22.0. The Morgan fingerprint density at radius 1 is 1.13 bits per heavy atom. The molecule has 1 aliphatic carbocycles. The van der Waals surface area contributed by atoms with Gasteiger partial charge in [-0.1, -0.05) is 6.07 Å². The number of aryl methyl sites for hydroxylation is 2. The summed E-state index contributed by atoms with van der Waals surface area (Å²) in [5, 5.41) is 7.88. The number of hydrogen-bond acceptors (Lipinski definition) is 4. The SMILES string of the molecule is COc1ccc(OC)c(CC(=O)N[C@H]2CCCc3c2cnn3-c2cc(C)cc(C)c2)c1. The van der Waals surface area contributed by atoms with Crippen molar-refractivity contribution in [1.82, 2.24) is 15.1 Å². The van der Waals surface area contributed by atoms with Gasteiger partial charge >= 0.3 is 0 Å². The Morgan fingerprint density at radius 3 is 2.61 bits per heavy atom. The lowest BCUT2D eigenvalue weighted by Crippen LogP contribution is -2.32. The van der Waals surface area contributed by atoms with Gasteiger partial charge in [-0.05, 0) is 74.6 Å². The number of hydrogen-bond donors (Lipinski definition) is 1. The monoisotopic (exact) mass is 419 g/mol. The van der Waals surface area contributed by atoms with Gasteiger partial charge in [-0.15, -0.1) is 0 Å². The van der Waals surface area contributed by atoms with Gasteiger partial charge < -0.3 is 14.8 Å². The largest absolute Gasteiger partial charge is 0.497 e. The summed E-state index contributed by atoms with van der Waals surface area (Å²) in [6.07, 6.45) is 5.02. The molecule has 162 valence electrons. The molecule has 0 saturated heterocycles. The fourth-order valence-electron chi connectivity index (χ4n) is 4.44. The van der Waals surface area contributed by atoms with E-state index in [9.17, 15) is 4.79 Å². The first-order valence-electron chi connectivity index (χ1n) is 10.6. The van der Waals surface area contributed by atoms with Crippen molar-refractivity contribution in [2.45, 2.75) is 45.6 Å². The van der Waals surface area contributed by atoms with E-state index in [-0.39, 0.29) is 18.4 Å². The number of benzene rings is 2. The van der Waals surface area contributed by atoms with Gasteiger partial charge in [0.25, 0.3) is 0 Å².